The van der Waals surface area contributed by atoms with E-state index in [-0.39, 0.29) is 29.6 Å². The Labute approximate surface area is 257 Å². The highest BCUT2D eigenvalue weighted by Crippen LogP contribution is 2.37. The van der Waals surface area contributed by atoms with E-state index in [4.69, 9.17) is 25.5 Å². The Morgan fingerprint density at radius 2 is 1.86 bits per heavy atom. The zero-order valence-corrected chi connectivity index (χ0v) is 24.7. The number of fused-ring (bicyclic) bond motifs is 2. The molecule has 6 rings (SSSR count). The van der Waals surface area contributed by atoms with E-state index >= 15 is 0 Å². The van der Waals surface area contributed by atoms with Gasteiger partial charge in [-0.3, -0.25) is 14.9 Å². The third kappa shape index (κ3) is 5.47. The van der Waals surface area contributed by atoms with E-state index in [9.17, 15) is 14.9 Å². The molecular weight excluding hydrogens is 640 g/mol. The summed E-state index contributed by atoms with van der Waals surface area (Å²) in [5.74, 6) is 1.06. The first-order chi connectivity index (χ1) is 20.8. The van der Waals surface area contributed by atoms with Gasteiger partial charge in [-0.2, -0.15) is 9.78 Å². The van der Waals surface area contributed by atoms with Crippen molar-refractivity contribution >= 4 is 61.3 Å². The van der Waals surface area contributed by atoms with Gasteiger partial charge in [0, 0.05) is 22.2 Å². The molecule has 0 saturated carbocycles. The SMILES string of the molecule is COc1cccc2oc(-c3nc4ccccc4c(=O)n3N=Cc3cc(Br)c(OCc4ccccc4Cl)c([N+](=O)[O-])c3)cc12. The first-order valence-electron chi connectivity index (χ1n) is 12.8. The number of halogens is 2. The van der Waals surface area contributed by atoms with Crippen LogP contribution in [-0.2, 0) is 6.61 Å². The van der Waals surface area contributed by atoms with E-state index in [0.717, 1.165) is 4.68 Å². The van der Waals surface area contributed by atoms with E-state index in [0.29, 0.717) is 48.2 Å². The lowest BCUT2D eigenvalue weighted by Gasteiger charge is -2.11. The van der Waals surface area contributed by atoms with Gasteiger partial charge in [0.1, 0.15) is 17.9 Å². The van der Waals surface area contributed by atoms with Crippen molar-refractivity contribution < 1.29 is 18.8 Å². The summed E-state index contributed by atoms with van der Waals surface area (Å²) in [5.41, 5.74) is 1.27. The number of aromatic nitrogens is 2. The number of ether oxygens (including phenoxy) is 2. The molecule has 4 aromatic carbocycles. The molecule has 0 amide bonds. The van der Waals surface area contributed by atoms with Crippen molar-refractivity contribution in [3.63, 3.8) is 0 Å². The molecule has 0 unspecified atom stereocenters. The second-order valence-corrected chi connectivity index (χ2v) is 10.5. The molecule has 0 saturated heterocycles. The lowest BCUT2D eigenvalue weighted by molar-refractivity contribution is -0.386. The number of hydrogen-bond acceptors (Lipinski definition) is 8. The number of furan rings is 1. The fourth-order valence-electron chi connectivity index (χ4n) is 4.55. The highest BCUT2D eigenvalue weighted by atomic mass is 79.9. The second kappa shape index (κ2) is 11.7. The first-order valence-corrected chi connectivity index (χ1v) is 14.0. The second-order valence-electron chi connectivity index (χ2n) is 9.28. The molecule has 12 heteroatoms. The molecule has 2 aromatic heterocycles. The van der Waals surface area contributed by atoms with Crippen LogP contribution in [0.5, 0.6) is 11.5 Å². The normalized spacial score (nSPS) is 11.4. The smallest absolute Gasteiger partial charge is 0.312 e. The fraction of sp³-hybridized carbons (Fsp3) is 0.0645. The average molecular weight is 660 g/mol. The van der Waals surface area contributed by atoms with Crippen molar-refractivity contribution in [3.8, 4) is 23.1 Å². The molecule has 43 heavy (non-hydrogen) atoms. The molecule has 0 fully saturated rings. The van der Waals surface area contributed by atoms with Crippen LogP contribution in [0.4, 0.5) is 5.69 Å². The van der Waals surface area contributed by atoms with Gasteiger partial charge in [0.25, 0.3) is 5.56 Å². The summed E-state index contributed by atoms with van der Waals surface area (Å²) in [6.07, 6.45) is 1.33. The monoisotopic (exact) mass is 658 g/mol. The van der Waals surface area contributed by atoms with Gasteiger partial charge >= 0.3 is 5.69 Å². The molecule has 6 aromatic rings. The van der Waals surface area contributed by atoms with Gasteiger partial charge in [0.15, 0.2) is 5.76 Å². The molecule has 0 N–H and O–H groups in total. The van der Waals surface area contributed by atoms with Gasteiger partial charge in [-0.25, -0.2) is 4.98 Å². The molecular formula is C31H20BrClN4O6. The standard InChI is InChI=1S/C31H20BrClN4O6/c1-41-26-11-6-12-27-21(26)15-28(43-27)30-35-24-10-5-3-8-20(24)31(38)36(30)34-16-18-13-22(32)29(25(14-18)37(39)40)42-17-19-7-2-4-9-23(19)33/h2-16H,17H2,1H3. The number of rotatable bonds is 8. The summed E-state index contributed by atoms with van der Waals surface area (Å²) in [6.45, 7) is 0.0242. The quantitative estimate of drug-likeness (QED) is 0.0937. The number of nitro benzene ring substituents is 1. The minimum atomic E-state index is -0.555. The number of hydrogen-bond donors (Lipinski definition) is 0. The van der Waals surface area contributed by atoms with Crippen molar-refractivity contribution in [2.75, 3.05) is 7.11 Å². The van der Waals surface area contributed by atoms with Gasteiger partial charge in [-0.15, -0.1) is 0 Å². The third-order valence-corrected chi connectivity index (χ3v) is 7.57. The number of nitrogens with zero attached hydrogens (tertiary/aromatic N) is 4. The Hall–Kier alpha value is -5.00. The van der Waals surface area contributed by atoms with Crippen molar-refractivity contribution in [3.05, 3.63) is 126 Å². The van der Waals surface area contributed by atoms with Gasteiger partial charge in [0.05, 0.1) is 39.0 Å². The minimum absolute atomic E-state index is 0.0242. The van der Waals surface area contributed by atoms with E-state index in [1.54, 1.807) is 86.0 Å². The predicted octanol–water partition coefficient (Wildman–Crippen LogP) is 7.60. The summed E-state index contributed by atoms with van der Waals surface area (Å²) in [5, 5.41) is 17.9. The Bertz CT molecular complexity index is 2120. The number of methoxy groups -OCH3 is 1. The maximum absolute atomic E-state index is 13.6. The number of benzene rings is 4. The summed E-state index contributed by atoms with van der Waals surface area (Å²) in [7, 11) is 1.56. The van der Waals surface area contributed by atoms with Crippen LogP contribution in [0.3, 0.4) is 0 Å². The van der Waals surface area contributed by atoms with Crippen LogP contribution in [0.25, 0.3) is 33.5 Å². The Kier molecular flexibility index (Phi) is 7.66. The van der Waals surface area contributed by atoms with Crippen molar-refractivity contribution in [1.82, 2.24) is 9.66 Å². The van der Waals surface area contributed by atoms with Crippen molar-refractivity contribution in [2.45, 2.75) is 6.61 Å². The van der Waals surface area contributed by atoms with Gasteiger partial charge < -0.3 is 13.9 Å². The maximum Gasteiger partial charge on any atom is 0.312 e. The maximum atomic E-state index is 13.6. The van der Waals surface area contributed by atoms with Crippen LogP contribution in [0.2, 0.25) is 5.02 Å². The summed E-state index contributed by atoms with van der Waals surface area (Å²) in [6, 6.07) is 23.9. The van der Waals surface area contributed by atoms with Crippen LogP contribution in [0, 0.1) is 10.1 Å². The average Bonchev–Trinajstić information content (AvgIpc) is 3.45. The van der Waals surface area contributed by atoms with Crippen LogP contribution < -0.4 is 15.0 Å². The third-order valence-electron chi connectivity index (χ3n) is 6.61. The molecule has 2 heterocycles. The highest BCUT2D eigenvalue weighted by Gasteiger charge is 2.22. The first kappa shape index (κ1) is 28.1. The molecule has 0 aliphatic carbocycles. The largest absolute Gasteiger partial charge is 0.496 e. The molecule has 0 atom stereocenters. The molecule has 10 nitrogen and oxygen atoms in total. The molecule has 0 aliphatic heterocycles. The zero-order chi connectivity index (χ0) is 30.1. The van der Waals surface area contributed by atoms with E-state index in [1.165, 1.54) is 12.3 Å². The molecule has 214 valence electrons. The van der Waals surface area contributed by atoms with Gasteiger partial charge in [-0.05, 0) is 58.4 Å². The predicted molar refractivity (Wildman–Crippen MR) is 167 cm³/mol. The Balaban J connectivity index is 1.43. The molecule has 0 bridgehead atoms. The lowest BCUT2D eigenvalue weighted by Crippen LogP contribution is -2.20. The fourth-order valence-corrected chi connectivity index (χ4v) is 5.33. The molecule has 0 aliphatic rings. The van der Waals surface area contributed by atoms with Gasteiger partial charge in [0.2, 0.25) is 11.6 Å². The topological polar surface area (TPSA) is 122 Å². The van der Waals surface area contributed by atoms with Crippen molar-refractivity contribution in [2.24, 2.45) is 5.10 Å². The number of nitro groups is 1. The van der Waals surface area contributed by atoms with E-state index in [2.05, 4.69) is 26.0 Å². The molecule has 0 spiro atoms. The van der Waals surface area contributed by atoms with Crippen LogP contribution in [0.1, 0.15) is 11.1 Å². The van der Waals surface area contributed by atoms with Crippen molar-refractivity contribution in [1.29, 1.82) is 0 Å². The van der Waals surface area contributed by atoms with E-state index < -0.39 is 10.5 Å². The van der Waals surface area contributed by atoms with Gasteiger partial charge in [-0.1, -0.05) is 48.0 Å². The summed E-state index contributed by atoms with van der Waals surface area (Å²) >= 11 is 9.60. The zero-order valence-electron chi connectivity index (χ0n) is 22.4. The molecule has 0 radical (unpaired) electrons. The number of para-hydroxylation sites is 1. The van der Waals surface area contributed by atoms with E-state index in [1.807, 2.05) is 0 Å². The lowest BCUT2D eigenvalue weighted by atomic mass is 10.2. The summed E-state index contributed by atoms with van der Waals surface area (Å²) < 4.78 is 18.7. The summed E-state index contributed by atoms with van der Waals surface area (Å²) in [4.78, 5) is 29.7. The minimum Gasteiger partial charge on any atom is -0.496 e. The van der Waals surface area contributed by atoms with Crippen LogP contribution >= 0.6 is 27.5 Å². The van der Waals surface area contributed by atoms with Crippen LogP contribution in [0.15, 0.2) is 104 Å². The Morgan fingerprint density at radius 1 is 1.07 bits per heavy atom. The van der Waals surface area contributed by atoms with Crippen LogP contribution in [-0.4, -0.2) is 27.9 Å². The Morgan fingerprint density at radius 3 is 2.65 bits per heavy atom. The highest BCUT2D eigenvalue weighted by molar-refractivity contribution is 9.10.